The lowest BCUT2D eigenvalue weighted by Gasteiger charge is -2.08. The molecule has 1 heterocycles. The highest BCUT2D eigenvalue weighted by molar-refractivity contribution is 9.10. The number of hydrogen-bond donors (Lipinski definition) is 0. The minimum absolute atomic E-state index is 0.0233. The number of halogens is 1. The fourth-order valence-electron chi connectivity index (χ4n) is 1.71. The van der Waals surface area contributed by atoms with Crippen molar-refractivity contribution in [3.05, 3.63) is 34.1 Å². The number of aromatic nitrogens is 4. The Morgan fingerprint density at radius 2 is 2.24 bits per heavy atom. The molecule has 7 nitrogen and oxygen atoms in total. The number of hydrogen-bond acceptors (Lipinski definition) is 6. The molecule has 0 spiro atoms. The van der Waals surface area contributed by atoms with Crippen LogP contribution in [0.3, 0.4) is 0 Å². The Hall–Kier alpha value is -1.96. The number of carbonyl (C=O) groups is 1. The first-order valence-electron chi connectivity index (χ1n) is 6.41. The Morgan fingerprint density at radius 1 is 1.43 bits per heavy atom. The van der Waals surface area contributed by atoms with Crippen molar-refractivity contribution in [3.63, 3.8) is 0 Å². The normalized spacial score (nSPS) is 10.4. The van der Waals surface area contributed by atoms with E-state index in [1.165, 1.54) is 7.11 Å². The molecule has 0 aliphatic carbocycles. The van der Waals surface area contributed by atoms with Crippen molar-refractivity contribution >= 4 is 21.9 Å². The second-order valence-electron chi connectivity index (χ2n) is 4.24. The van der Waals surface area contributed by atoms with Gasteiger partial charge in [0.25, 0.3) is 0 Å². The van der Waals surface area contributed by atoms with Gasteiger partial charge in [-0.2, -0.15) is 0 Å². The predicted molar refractivity (Wildman–Crippen MR) is 77.9 cm³/mol. The zero-order chi connectivity index (χ0) is 15.2. The summed E-state index contributed by atoms with van der Waals surface area (Å²) in [6, 6.07) is 5.10. The lowest BCUT2D eigenvalue weighted by Crippen LogP contribution is -2.11. The van der Waals surface area contributed by atoms with Crippen LogP contribution < -0.4 is 4.74 Å². The van der Waals surface area contributed by atoms with Crippen molar-refractivity contribution < 1.29 is 14.3 Å². The van der Waals surface area contributed by atoms with E-state index in [4.69, 9.17) is 9.47 Å². The van der Waals surface area contributed by atoms with E-state index < -0.39 is 5.97 Å². The second kappa shape index (κ2) is 7.16. The van der Waals surface area contributed by atoms with Gasteiger partial charge in [-0.25, -0.2) is 9.48 Å². The molecule has 21 heavy (non-hydrogen) atoms. The standard InChI is InChI=1S/C13H15BrN4O3/c1-3-6-18-12(15-16-17-18)8-21-13(19)10-7-9(20-2)4-5-11(10)14/h4-5,7H,3,6,8H2,1-2H3. The van der Waals surface area contributed by atoms with Gasteiger partial charge in [0.1, 0.15) is 5.75 Å². The molecule has 0 radical (unpaired) electrons. The highest BCUT2D eigenvalue weighted by Gasteiger charge is 2.15. The van der Waals surface area contributed by atoms with Gasteiger partial charge < -0.3 is 9.47 Å². The van der Waals surface area contributed by atoms with Gasteiger partial charge in [0, 0.05) is 11.0 Å². The summed E-state index contributed by atoms with van der Waals surface area (Å²) < 4.78 is 12.6. The van der Waals surface area contributed by atoms with Crippen molar-refractivity contribution in [2.75, 3.05) is 7.11 Å². The molecule has 0 aliphatic rings. The summed E-state index contributed by atoms with van der Waals surface area (Å²) in [5, 5.41) is 11.3. The number of tetrazole rings is 1. The molecule has 0 saturated carbocycles. The molecule has 0 aliphatic heterocycles. The van der Waals surface area contributed by atoms with E-state index in [1.54, 1.807) is 22.9 Å². The second-order valence-corrected chi connectivity index (χ2v) is 5.09. The van der Waals surface area contributed by atoms with E-state index in [0.717, 1.165) is 6.42 Å². The van der Waals surface area contributed by atoms with Crippen LogP contribution in [0.1, 0.15) is 29.5 Å². The maximum absolute atomic E-state index is 12.1. The Labute approximate surface area is 130 Å². The van der Waals surface area contributed by atoms with Gasteiger partial charge in [-0.3, -0.25) is 0 Å². The van der Waals surface area contributed by atoms with Crippen molar-refractivity contribution in [3.8, 4) is 5.75 Å². The van der Waals surface area contributed by atoms with Crippen LogP contribution in [0, 0.1) is 0 Å². The first kappa shape index (κ1) is 15.4. The van der Waals surface area contributed by atoms with Gasteiger partial charge >= 0.3 is 5.97 Å². The van der Waals surface area contributed by atoms with Crippen LogP contribution in [0.5, 0.6) is 5.75 Å². The third kappa shape index (κ3) is 3.78. The summed E-state index contributed by atoms with van der Waals surface area (Å²) in [5.74, 6) is 0.636. The van der Waals surface area contributed by atoms with E-state index in [0.29, 0.717) is 28.2 Å². The van der Waals surface area contributed by atoms with Gasteiger partial charge in [0.05, 0.1) is 12.7 Å². The third-order valence-electron chi connectivity index (χ3n) is 2.77. The van der Waals surface area contributed by atoms with E-state index in [-0.39, 0.29) is 6.61 Å². The van der Waals surface area contributed by atoms with Crippen LogP contribution in [0.4, 0.5) is 0 Å². The first-order valence-corrected chi connectivity index (χ1v) is 7.20. The molecule has 2 rings (SSSR count). The summed E-state index contributed by atoms with van der Waals surface area (Å²) in [7, 11) is 1.54. The molecule has 0 unspecified atom stereocenters. The Balaban J connectivity index is 2.06. The Bertz CT molecular complexity index is 630. The molecular weight excluding hydrogens is 340 g/mol. The zero-order valence-corrected chi connectivity index (χ0v) is 13.3. The van der Waals surface area contributed by atoms with Crippen LogP contribution in [0.2, 0.25) is 0 Å². The van der Waals surface area contributed by atoms with E-state index in [1.807, 2.05) is 6.92 Å². The largest absolute Gasteiger partial charge is 0.497 e. The molecule has 1 aromatic heterocycles. The molecule has 0 bridgehead atoms. The summed E-state index contributed by atoms with van der Waals surface area (Å²) in [6.07, 6.45) is 0.896. The van der Waals surface area contributed by atoms with Crippen LogP contribution in [-0.2, 0) is 17.9 Å². The zero-order valence-electron chi connectivity index (χ0n) is 11.7. The minimum atomic E-state index is -0.466. The topological polar surface area (TPSA) is 79.1 Å². The van der Waals surface area contributed by atoms with Crippen LogP contribution in [-0.4, -0.2) is 33.3 Å². The third-order valence-corrected chi connectivity index (χ3v) is 3.46. The number of rotatable bonds is 6. The summed E-state index contributed by atoms with van der Waals surface area (Å²) in [4.78, 5) is 12.1. The van der Waals surface area contributed by atoms with E-state index in [9.17, 15) is 4.79 Å². The number of benzene rings is 1. The number of carbonyl (C=O) groups excluding carboxylic acids is 1. The number of aryl methyl sites for hydroxylation is 1. The predicted octanol–water partition coefficient (Wildman–Crippen LogP) is 2.21. The molecule has 0 atom stereocenters. The van der Waals surface area contributed by atoms with Gasteiger partial charge in [0.15, 0.2) is 12.4 Å². The number of nitrogens with zero attached hydrogens (tertiary/aromatic N) is 4. The monoisotopic (exact) mass is 354 g/mol. The van der Waals surface area contributed by atoms with Crippen molar-refractivity contribution in [2.24, 2.45) is 0 Å². The molecule has 0 saturated heterocycles. The van der Waals surface area contributed by atoms with Crippen molar-refractivity contribution in [1.29, 1.82) is 0 Å². The lowest BCUT2D eigenvalue weighted by atomic mass is 10.2. The maximum Gasteiger partial charge on any atom is 0.339 e. The minimum Gasteiger partial charge on any atom is -0.497 e. The Kier molecular flexibility index (Phi) is 5.26. The summed E-state index contributed by atoms with van der Waals surface area (Å²) in [6.45, 7) is 2.73. The van der Waals surface area contributed by atoms with Crippen LogP contribution in [0.15, 0.2) is 22.7 Å². The highest BCUT2D eigenvalue weighted by Crippen LogP contribution is 2.23. The maximum atomic E-state index is 12.1. The molecular formula is C13H15BrN4O3. The van der Waals surface area contributed by atoms with Gasteiger partial charge in [-0.05, 0) is 51.0 Å². The average Bonchev–Trinajstić information content (AvgIpc) is 2.93. The van der Waals surface area contributed by atoms with Crippen molar-refractivity contribution in [1.82, 2.24) is 20.2 Å². The average molecular weight is 355 g/mol. The smallest absolute Gasteiger partial charge is 0.339 e. The molecule has 0 amide bonds. The molecule has 8 heteroatoms. The molecule has 0 N–H and O–H groups in total. The quantitative estimate of drug-likeness (QED) is 0.740. The van der Waals surface area contributed by atoms with Gasteiger partial charge in [-0.15, -0.1) is 5.10 Å². The first-order chi connectivity index (χ1) is 10.2. The molecule has 0 fully saturated rings. The van der Waals surface area contributed by atoms with Crippen molar-refractivity contribution in [2.45, 2.75) is 26.5 Å². The Morgan fingerprint density at radius 3 is 2.95 bits per heavy atom. The van der Waals surface area contributed by atoms with E-state index in [2.05, 4.69) is 31.5 Å². The fourth-order valence-corrected chi connectivity index (χ4v) is 2.12. The van der Waals surface area contributed by atoms with E-state index >= 15 is 0 Å². The lowest BCUT2D eigenvalue weighted by molar-refractivity contribution is 0.0455. The molecule has 2 aromatic rings. The van der Waals surface area contributed by atoms with Crippen LogP contribution >= 0.6 is 15.9 Å². The van der Waals surface area contributed by atoms with Crippen LogP contribution in [0.25, 0.3) is 0 Å². The van der Waals surface area contributed by atoms with Gasteiger partial charge in [0.2, 0.25) is 0 Å². The van der Waals surface area contributed by atoms with Gasteiger partial charge in [-0.1, -0.05) is 6.92 Å². The highest BCUT2D eigenvalue weighted by atomic mass is 79.9. The number of ether oxygens (including phenoxy) is 2. The summed E-state index contributed by atoms with van der Waals surface area (Å²) >= 11 is 3.32. The number of esters is 1. The number of methoxy groups -OCH3 is 1. The fraction of sp³-hybridized carbons (Fsp3) is 0.385. The SMILES string of the molecule is CCCn1nnnc1COC(=O)c1cc(OC)ccc1Br. The summed E-state index contributed by atoms with van der Waals surface area (Å²) in [5.41, 5.74) is 0.392. The molecule has 112 valence electrons. The molecule has 1 aromatic carbocycles.